The molecule has 4 heteroatoms. The Kier molecular flexibility index (Phi) is 4.19. The zero-order valence-electron chi connectivity index (χ0n) is 16.6. The monoisotopic (exact) mass is 404 g/mol. The third-order valence-electron chi connectivity index (χ3n) is 6.59. The van der Waals surface area contributed by atoms with Crippen molar-refractivity contribution in [3.8, 4) is 0 Å². The summed E-state index contributed by atoms with van der Waals surface area (Å²) in [4.78, 5) is 0.216. The van der Waals surface area contributed by atoms with Gasteiger partial charge in [0, 0.05) is 17.3 Å². The molecular formula is C25H24O3S. The minimum absolute atomic E-state index is 0.133. The van der Waals surface area contributed by atoms with Crippen molar-refractivity contribution in [1.29, 1.82) is 0 Å². The number of aryl methyl sites for hydroxylation is 1. The lowest BCUT2D eigenvalue weighted by Gasteiger charge is -2.51. The predicted molar refractivity (Wildman–Crippen MR) is 114 cm³/mol. The first kappa shape index (κ1) is 18.6. The van der Waals surface area contributed by atoms with Gasteiger partial charge in [0.15, 0.2) is 0 Å². The van der Waals surface area contributed by atoms with E-state index in [-0.39, 0.29) is 28.8 Å². The van der Waals surface area contributed by atoms with Crippen LogP contribution in [-0.4, -0.2) is 15.0 Å². The average molecular weight is 405 g/mol. The van der Waals surface area contributed by atoms with Gasteiger partial charge in [-0.2, -0.15) is 8.42 Å². The minimum Gasteiger partial charge on any atom is -0.266 e. The van der Waals surface area contributed by atoms with Crippen molar-refractivity contribution in [2.24, 2.45) is 5.41 Å². The Morgan fingerprint density at radius 2 is 1.38 bits per heavy atom. The first-order chi connectivity index (χ1) is 13.9. The molecule has 0 saturated carbocycles. The molecule has 1 atom stereocenters. The van der Waals surface area contributed by atoms with Gasteiger partial charge in [-0.1, -0.05) is 73.2 Å². The van der Waals surface area contributed by atoms with Gasteiger partial charge < -0.3 is 0 Å². The second-order valence-electron chi connectivity index (χ2n) is 8.63. The van der Waals surface area contributed by atoms with Crippen LogP contribution in [0.25, 0.3) is 0 Å². The molecule has 29 heavy (non-hydrogen) atoms. The summed E-state index contributed by atoms with van der Waals surface area (Å²) in [5.74, 6) is 0.413. The molecule has 3 aliphatic carbocycles. The SMILES string of the molecule is Cc1ccc(S(=O)(=O)OC[C@@]2(C)CC3c4ccccc4C2c2ccccc23)cc1. The second-order valence-corrected chi connectivity index (χ2v) is 10.2. The van der Waals surface area contributed by atoms with Crippen LogP contribution in [0.2, 0.25) is 0 Å². The Labute approximate surface area is 172 Å². The quantitative estimate of drug-likeness (QED) is 0.548. The van der Waals surface area contributed by atoms with Crippen LogP contribution in [0.1, 0.15) is 53.0 Å². The van der Waals surface area contributed by atoms with E-state index >= 15 is 0 Å². The average Bonchev–Trinajstić information content (AvgIpc) is 2.73. The van der Waals surface area contributed by atoms with Gasteiger partial charge in [-0.15, -0.1) is 0 Å². The van der Waals surface area contributed by atoms with Crippen LogP contribution in [0.15, 0.2) is 77.7 Å². The molecule has 3 aromatic carbocycles. The third kappa shape index (κ3) is 2.93. The molecule has 0 aromatic heterocycles. The molecule has 0 spiro atoms. The summed E-state index contributed by atoms with van der Waals surface area (Å²) in [6.45, 7) is 4.28. The van der Waals surface area contributed by atoms with Gasteiger partial charge in [0.25, 0.3) is 10.1 Å². The van der Waals surface area contributed by atoms with Crippen LogP contribution >= 0.6 is 0 Å². The first-order valence-electron chi connectivity index (χ1n) is 10.0. The standard InChI is InChI=1S/C25H24O3S/c1-17-11-13-18(14-12-17)29(26,27)28-16-25(2)15-23-19-7-3-5-9-21(19)24(25)22-10-6-4-8-20(22)23/h3-14,23-24H,15-16H2,1-2H3/t23?,24?,25-/m1/s1. The molecule has 0 amide bonds. The third-order valence-corrected chi connectivity index (χ3v) is 7.86. The summed E-state index contributed by atoms with van der Waals surface area (Å²) in [5.41, 5.74) is 6.09. The van der Waals surface area contributed by atoms with Gasteiger partial charge >= 0.3 is 0 Å². The highest BCUT2D eigenvalue weighted by Crippen LogP contribution is 2.61. The van der Waals surface area contributed by atoms with Gasteiger partial charge in [-0.05, 0) is 47.7 Å². The molecule has 3 nitrogen and oxygen atoms in total. The van der Waals surface area contributed by atoms with E-state index in [1.54, 1.807) is 24.3 Å². The molecule has 0 aliphatic heterocycles. The van der Waals surface area contributed by atoms with E-state index in [4.69, 9.17) is 4.18 Å². The fourth-order valence-corrected chi connectivity index (χ4v) is 6.23. The lowest BCUT2D eigenvalue weighted by molar-refractivity contribution is 0.113. The van der Waals surface area contributed by atoms with Gasteiger partial charge in [0.05, 0.1) is 11.5 Å². The summed E-state index contributed by atoms with van der Waals surface area (Å²) >= 11 is 0. The molecule has 6 rings (SSSR count). The first-order valence-corrected chi connectivity index (χ1v) is 11.4. The minimum atomic E-state index is -3.79. The van der Waals surface area contributed by atoms with Crippen LogP contribution < -0.4 is 0 Å². The summed E-state index contributed by atoms with van der Waals surface area (Å²) in [6, 6.07) is 24.0. The Balaban J connectivity index is 1.51. The Morgan fingerprint density at radius 1 is 0.862 bits per heavy atom. The maximum Gasteiger partial charge on any atom is 0.296 e. The molecule has 148 valence electrons. The normalized spacial score (nSPS) is 24.8. The van der Waals surface area contributed by atoms with Crippen molar-refractivity contribution in [2.75, 3.05) is 6.61 Å². The van der Waals surface area contributed by atoms with E-state index in [1.165, 1.54) is 22.3 Å². The fourth-order valence-electron chi connectivity index (χ4n) is 5.20. The smallest absolute Gasteiger partial charge is 0.266 e. The molecule has 0 N–H and O–H groups in total. The van der Waals surface area contributed by atoms with E-state index in [0.717, 1.165) is 12.0 Å². The lowest BCUT2D eigenvalue weighted by atomic mass is 9.53. The van der Waals surface area contributed by atoms with Crippen molar-refractivity contribution in [3.63, 3.8) is 0 Å². The molecule has 0 heterocycles. The number of rotatable bonds is 4. The van der Waals surface area contributed by atoms with Crippen LogP contribution in [0, 0.1) is 12.3 Å². The zero-order valence-corrected chi connectivity index (χ0v) is 17.4. The highest BCUT2D eigenvalue weighted by Gasteiger charge is 2.50. The number of fused-ring (bicyclic) bond motifs is 1. The van der Waals surface area contributed by atoms with Gasteiger partial charge in [-0.3, -0.25) is 4.18 Å². The highest BCUT2D eigenvalue weighted by atomic mass is 32.2. The molecule has 3 aliphatic rings. The molecule has 0 radical (unpaired) electrons. The van der Waals surface area contributed by atoms with E-state index < -0.39 is 10.1 Å². The summed E-state index contributed by atoms with van der Waals surface area (Å²) in [5, 5.41) is 0. The number of benzene rings is 3. The fraction of sp³-hybridized carbons (Fsp3) is 0.280. The number of hydrogen-bond acceptors (Lipinski definition) is 3. The van der Waals surface area contributed by atoms with Crippen molar-refractivity contribution in [2.45, 2.75) is 37.0 Å². The Morgan fingerprint density at radius 3 is 1.93 bits per heavy atom. The molecule has 0 fully saturated rings. The molecular weight excluding hydrogens is 380 g/mol. The maximum absolute atomic E-state index is 12.8. The zero-order chi connectivity index (χ0) is 20.2. The number of hydrogen-bond donors (Lipinski definition) is 0. The van der Waals surface area contributed by atoms with Crippen LogP contribution in [0.5, 0.6) is 0 Å². The van der Waals surface area contributed by atoms with Crippen LogP contribution in [-0.2, 0) is 14.3 Å². The van der Waals surface area contributed by atoms with Crippen LogP contribution in [0.3, 0.4) is 0 Å². The largest absolute Gasteiger partial charge is 0.296 e. The molecule has 3 aromatic rings. The summed E-state index contributed by atoms with van der Waals surface area (Å²) < 4.78 is 31.3. The van der Waals surface area contributed by atoms with E-state index in [2.05, 4.69) is 55.5 Å². The molecule has 0 saturated heterocycles. The van der Waals surface area contributed by atoms with Crippen LogP contribution in [0.4, 0.5) is 0 Å². The summed E-state index contributed by atoms with van der Waals surface area (Å²) in [7, 11) is -3.79. The van der Waals surface area contributed by atoms with Crippen molar-refractivity contribution < 1.29 is 12.6 Å². The van der Waals surface area contributed by atoms with Crippen molar-refractivity contribution in [3.05, 3.63) is 101 Å². The van der Waals surface area contributed by atoms with E-state index in [0.29, 0.717) is 0 Å². The van der Waals surface area contributed by atoms with E-state index in [1.807, 2.05) is 6.92 Å². The second kappa shape index (κ2) is 6.54. The van der Waals surface area contributed by atoms with Crippen molar-refractivity contribution in [1.82, 2.24) is 0 Å². The predicted octanol–water partition coefficient (Wildman–Crippen LogP) is 5.39. The highest BCUT2D eigenvalue weighted by molar-refractivity contribution is 7.86. The van der Waals surface area contributed by atoms with Gasteiger partial charge in [0.1, 0.15) is 0 Å². The van der Waals surface area contributed by atoms with Gasteiger partial charge in [0.2, 0.25) is 0 Å². The van der Waals surface area contributed by atoms with E-state index in [9.17, 15) is 8.42 Å². The summed E-state index contributed by atoms with van der Waals surface area (Å²) in [6.07, 6.45) is 0.884. The molecule has 2 bridgehead atoms. The Bertz CT molecular complexity index is 1130. The maximum atomic E-state index is 12.8. The lowest BCUT2D eigenvalue weighted by Crippen LogP contribution is -2.42. The van der Waals surface area contributed by atoms with Gasteiger partial charge in [-0.25, -0.2) is 0 Å². The topological polar surface area (TPSA) is 43.4 Å². The van der Waals surface area contributed by atoms with Crippen molar-refractivity contribution >= 4 is 10.1 Å². The Hall–Kier alpha value is -2.43. The molecule has 0 unspecified atom stereocenters.